The van der Waals surface area contributed by atoms with Gasteiger partial charge in [0.1, 0.15) is 11.8 Å². The zero-order valence-electron chi connectivity index (χ0n) is 42.1. The number of alkyl halides is 2. The van der Waals surface area contributed by atoms with Gasteiger partial charge in [0.15, 0.2) is 17.3 Å². The van der Waals surface area contributed by atoms with E-state index in [1.807, 2.05) is 17.0 Å². The lowest BCUT2D eigenvalue weighted by Crippen LogP contribution is -2.50. The van der Waals surface area contributed by atoms with Crippen molar-refractivity contribution in [2.75, 3.05) is 49.5 Å². The number of aryl methyl sites for hydroxylation is 2. The molecule has 2 amide bonds. The summed E-state index contributed by atoms with van der Waals surface area (Å²) in [6.07, 6.45) is 8.99. The highest BCUT2D eigenvalue weighted by Crippen LogP contribution is 2.40. The van der Waals surface area contributed by atoms with Crippen LogP contribution in [0, 0.1) is 29.1 Å². The van der Waals surface area contributed by atoms with Crippen LogP contribution in [0.2, 0.25) is 5.02 Å². The van der Waals surface area contributed by atoms with E-state index in [4.69, 9.17) is 26.7 Å². The molecule has 0 spiro atoms. The predicted molar refractivity (Wildman–Crippen MR) is 274 cm³/mol. The Labute approximate surface area is 426 Å². The molecule has 382 valence electrons. The number of halogens is 3. The maximum atomic E-state index is 14.8. The summed E-state index contributed by atoms with van der Waals surface area (Å²) >= 11 is 6.19. The first-order valence-electron chi connectivity index (χ1n) is 25.8. The van der Waals surface area contributed by atoms with Crippen LogP contribution < -0.4 is 20.3 Å². The Morgan fingerprint density at radius 3 is 2.39 bits per heavy atom. The molecule has 2 saturated heterocycles. The Balaban J connectivity index is 0.798. The van der Waals surface area contributed by atoms with Gasteiger partial charge >= 0.3 is 0 Å². The van der Waals surface area contributed by atoms with Crippen LogP contribution in [-0.2, 0) is 31.2 Å². The lowest BCUT2D eigenvalue weighted by molar-refractivity contribution is -0.129. The number of anilines is 3. The number of likely N-dealkylation sites (tertiary alicyclic amines) is 1. The van der Waals surface area contributed by atoms with Crippen molar-refractivity contribution in [3.63, 3.8) is 0 Å². The molecule has 15 nitrogen and oxygen atoms in total. The van der Waals surface area contributed by atoms with E-state index in [1.54, 1.807) is 61.4 Å². The maximum Gasteiger partial charge on any atom is 0.272 e. The number of ether oxygens (including phenoxy) is 1. The van der Waals surface area contributed by atoms with Gasteiger partial charge in [-0.25, -0.2) is 8.78 Å². The topological polar surface area (TPSA) is 162 Å². The Morgan fingerprint density at radius 2 is 1.75 bits per heavy atom. The molecule has 18 heteroatoms. The number of nitriles is 1. The SMILES string of the molecule is CCCCc1cc(-c2cnn(C)c2)c(C(F)F)cc1Nc1nn(C2CCN(CC3C(C)CN(c4ccc(C(=O)NC5CCC(Oc6ccc(C#N)c(Cl)c6)CC5)nn4)CC3C)CC2)c2c1CN(C(C)=O)CC2. The highest BCUT2D eigenvalue weighted by molar-refractivity contribution is 6.31. The summed E-state index contributed by atoms with van der Waals surface area (Å²) in [5.74, 6) is 3.14. The Kier molecular flexibility index (Phi) is 15.8. The zero-order valence-corrected chi connectivity index (χ0v) is 42.8. The molecule has 3 aliphatic heterocycles. The van der Waals surface area contributed by atoms with E-state index in [-0.39, 0.29) is 35.6 Å². The molecule has 1 saturated carbocycles. The minimum absolute atomic E-state index is 0.00361. The molecule has 0 radical (unpaired) electrons. The number of nitrogens with zero attached hydrogens (tertiary/aromatic N) is 10. The smallest absolute Gasteiger partial charge is 0.272 e. The van der Waals surface area contributed by atoms with Gasteiger partial charge in [-0.2, -0.15) is 15.5 Å². The van der Waals surface area contributed by atoms with Crippen molar-refractivity contribution < 1.29 is 23.1 Å². The summed E-state index contributed by atoms with van der Waals surface area (Å²) < 4.78 is 39.5. The second-order valence-corrected chi connectivity index (χ2v) is 21.0. The third kappa shape index (κ3) is 11.4. The number of unbranched alkanes of at least 4 members (excludes halogenated alkanes) is 1. The summed E-state index contributed by atoms with van der Waals surface area (Å²) in [6.45, 7) is 14.0. The molecule has 4 aliphatic rings. The molecule has 3 aromatic heterocycles. The van der Waals surface area contributed by atoms with Gasteiger partial charge in [-0.1, -0.05) is 38.8 Å². The molecule has 2 aromatic carbocycles. The lowest BCUT2D eigenvalue weighted by Gasteiger charge is -2.44. The van der Waals surface area contributed by atoms with Crippen molar-refractivity contribution in [2.45, 2.75) is 123 Å². The number of aromatic nitrogens is 6. The molecule has 2 N–H and O–H groups in total. The number of piperidine rings is 2. The number of nitrogens with one attached hydrogen (secondary N) is 2. The fourth-order valence-electron chi connectivity index (χ4n) is 11.4. The number of hydrogen-bond donors (Lipinski definition) is 2. The molecular weight excluding hydrogens is 938 g/mol. The van der Waals surface area contributed by atoms with Crippen LogP contribution in [0.5, 0.6) is 5.75 Å². The molecule has 1 aliphatic carbocycles. The van der Waals surface area contributed by atoms with Gasteiger partial charge in [-0.15, -0.1) is 10.2 Å². The van der Waals surface area contributed by atoms with Crippen LogP contribution in [0.15, 0.2) is 54.9 Å². The van der Waals surface area contributed by atoms with Gasteiger partial charge < -0.3 is 30.1 Å². The maximum absolute atomic E-state index is 14.8. The van der Waals surface area contributed by atoms with Crippen molar-refractivity contribution >= 4 is 40.7 Å². The van der Waals surface area contributed by atoms with Gasteiger partial charge in [0.25, 0.3) is 12.3 Å². The van der Waals surface area contributed by atoms with Gasteiger partial charge in [-0.3, -0.25) is 19.0 Å². The predicted octanol–water partition coefficient (Wildman–Crippen LogP) is 9.69. The Hall–Kier alpha value is -6.12. The van der Waals surface area contributed by atoms with Crippen LogP contribution >= 0.6 is 11.6 Å². The summed E-state index contributed by atoms with van der Waals surface area (Å²) in [7, 11) is 1.78. The highest BCUT2D eigenvalue weighted by Gasteiger charge is 2.37. The second kappa shape index (κ2) is 22.3. The fraction of sp³-hybridized carbons (Fsp3) is 0.537. The number of hydrogen-bond acceptors (Lipinski definition) is 11. The normalized spacial score (nSPS) is 21.9. The van der Waals surface area contributed by atoms with E-state index in [9.17, 15) is 18.4 Å². The van der Waals surface area contributed by atoms with Crippen molar-refractivity contribution in [1.29, 1.82) is 5.26 Å². The van der Waals surface area contributed by atoms with Crippen LogP contribution in [0.3, 0.4) is 0 Å². The van der Waals surface area contributed by atoms with Gasteiger partial charge in [0, 0.05) is 106 Å². The largest absolute Gasteiger partial charge is 0.490 e. The van der Waals surface area contributed by atoms with Crippen molar-refractivity contribution in [2.24, 2.45) is 24.8 Å². The monoisotopic (exact) mass is 1000 g/mol. The third-order valence-corrected chi connectivity index (χ3v) is 15.9. The van der Waals surface area contributed by atoms with Crippen LogP contribution in [-0.4, -0.2) is 103 Å². The summed E-state index contributed by atoms with van der Waals surface area (Å²) in [4.78, 5) is 32.7. The number of fused-ring (bicyclic) bond motifs is 1. The number of rotatable bonds is 15. The van der Waals surface area contributed by atoms with Crippen LogP contribution in [0.4, 0.5) is 26.1 Å². The first-order chi connectivity index (χ1) is 34.7. The average Bonchev–Trinajstić information content (AvgIpc) is 3.98. The molecule has 5 aromatic rings. The van der Waals surface area contributed by atoms with E-state index in [1.165, 1.54) is 0 Å². The molecule has 0 bridgehead atoms. The van der Waals surface area contributed by atoms with Crippen molar-refractivity contribution in [1.82, 2.24) is 44.9 Å². The first-order valence-corrected chi connectivity index (χ1v) is 26.2. The number of amides is 2. The number of benzene rings is 2. The summed E-state index contributed by atoms with van der Waals surface area (Å²) in [5.41, 5.74) is 5.46. The average molecular weight is 1010 g/mol. The Bertz CT molecular complexity index is 2750. The molecule has 6 heterocycles. The fourth-order valence-corrected chi connectivity index (χ4v) is 11.6. The van der Waals surface area contributed by atoms with E-state index in [0.29, 0.717) is 81.9 Å². The molecule has 2 unspecified atom stereocenters. The summed E-state index contributed by atoms with van der Waals surface area (Å²) in [6, 6.07) is 14.5. The highest BCUT2D eigenvalue weighted by atomic mass is 35.5. The zero-order chi connectivity index (χ0) is 50.6. The van der Waals surface area contributed by atoms with Crippen LogP contribution in [0.1, 0.15) is 130 Å². The van der Waals surface area contributed by atoms with E-state index >= 15 is 0 Å². The number of carbonyl (C=O) groups excluding carboxylic acids is 2. The van der Waals surface area contributed by atoms with Crippen molar-refractivity contribution in [3.8, 4) is 22.9 Å². The molecule has 9 rings (SSSR count). The molecule has 72 heavy (non-hydrogen) atoms. The second-order valence-electron chi connectivity index (χ2n) is 20.6. The number of carbonyl (C=O) groups is 2. The standard InChI is InChI=1S/C54H67ClF2N12O3/c1-6-7-8-36-23-43(38-27-59-65(5)30-38)44(52(56)57)25-49(36)61-53-46-32-67(35(4)70)22-19-50(46)69(64-53)40-17-20-66(21-18-40)31-45-33(2)28-68(29-34(45)3)51-16-15-48(62-63-51)54(71)60-39-10-13-41(14-11-39)72-42-12-9-37(26-58)47(55)24-42/h9,12,15-16,23-25,27,30,33-34,39-41,45,52H,6-8,10-11,13-14,17-22,28-29,31-32H2,1-5H3,(H,60,71)(H,61,64). The first kappa shape index (κ1) is 50.8. The minimum atomic E-state index is -2.69. The molecule has 2 atom stereocenters. The van der Waals surface area contributed by atoms with Crippen molar-refractivity contribution in [3.05, 3.63) is 93.5 Å². The van der Waals surface area contributed by atoms with Gasteiger partial charge in [-0.05, 0) is 117 Å². The Morgan fingerprint density at radius 1 is 0.986 bits per heavy atom. The van der Waals surface area contributed by atoms with E-state index < -0.39 is 6.43 Å². The summed E-state index contributed by atoms with van der Waals surface area (Å²) in [5, 5.41) is 34.6. The van der Waals surface area contributed by atoms with E-state index in [0.717, 1.165) is 113 Å². The molecular formula is C54H67ClF2N12O3. The quantitative estimate of drug-likeness (QED) is 0.103. The third-order valence-electron chi connectivity index (χ3n) is 15.5. The van der Waals surface area contributed by atoms with Gasteiger partial charge in [0.05, 0.1) is 35.5 Å². The van der Waals surface area contributed by atoms with Crippen LogP contribution in [0.25, 0.3) is 11.1 Å². The van der Waals surface area contributed by atoms with Gasteiger partial charge in [0.2, 0.25) is 5.91 Å². The van der Waals surface area contributed by atoms with E-state index in [2.05, 4.69) is 67.3 Å². The lowest BCUT2D eigenvalue weighted by atomic mass is 9.79. The molecule has 3 fully saturated rings. The minimum Gasteiger partial charge on any atom is -0.490 e.